The van der Waals surface area contributed by atoms with E-state index in [1.165, 1.54) is 6.07 Å². The zero-order valence-electron chi connectivity index (χ0n) is 14.2. The number of aromatic amines is 1. The Morgan fingerprint density at radius 3 is 2.04 bits per heavy atom. The van der Waals surface area contributed by atoms with Crippen LogP contribution < -0.4 is 0 Å². The molecule has 0 bridgehead atoms. The van der Waals surface area contributed by atoms with Crippen LogP contribution in [-0.2, 0) is 11.6 Å². The second-order valence-corrected chi connectivity index (χ2v) is 7.12. The fraction of sp³-hybridized carbons (Fsp3) is 0.250. The van der Waals surface area contributed by atoms with Crippen LogP contribution in [0.1, 0.15) is 42.3 Å². The largest absolute Gasteiger partial charge is 0.416 e. The van der Waals surface area contributed by atoms with Gasteiger partial charge in [0.1, 0.15) is 0 Å². The number of aldehydes is 1. The van der Waals surface area contributed by atoms with Gasteiger partial charge < -0.3 is 4.98 Å². The average molecular weight is 345 g/mol. The van der Waals surface area contributed by atoms with Gasteiger partial charge in [0.15, 0.2) is 6.29 Å². The number of carbonyl (C=O) groups is 1. The Hall–Kier alpha value is -2.56. The summed E-state index contributed by atoms with van der Waals surface area (Å²) in [5, 5.41) is 0.278. The summed E-state index contributed by atoms with van der Waals surface area (Å²) in [6.07, 6.45) is -3.84. The van der Waals surface area contributed by atoms with E-state index < -0.39 is 11.7 Å². The van der Waals surface area contributed by atoms with Crippen molar-refractivity contribution in [3.8, 4) is 11.3 Å². The van der Waals surface area contributed by atoms with Crippen molar-refractivity contribution in [1.82, 2.24) is 4.98 Å². The van der Waals surface area contributed by atoms with E-state index in [-0.39, 0.29) is 16.4 Å². The van der Waals surface area contributed by atoms with Crippen molar-refractivity contribution in [2.75, 3.05) is 0 Å². The maximum atomic E-state index is 12.9. The SMILES string of the molecule is CC(C)(C)c1ccc(-c2[nH]c3ccc(C(F)(F)F)cc3c2C=O)cc1. The van der Waals surface area contributed by atoms with Gasteiger partial charge in [-0.25, -0.2) is 0 Å². The van der Waals surface area contributed by atoms with E-state index in [4.69, 9.17) is 0 Å². The molecule has 0 amide bonds. The molecule has 2 aromatic carbocycles. The fourth-order valence-electron chi connectivity index (χ4n) is 2.88. The van der Waals surface area contributed by atoms with Gasteiger partial charge in [-0.05, 0) is 34.7 Å². The number of carbonyl (C=O) groups excluding carboxylic acids is 1. The number of halogens is 3. The smallest absolute Gasteiger partial charge is 0.354 e. The molecular formula is C20H18F3NO. The first-order valence-electron chi connectivity index (χ1n) is 7.90. The van der Waals surface area contributed by atoms with Crippen molar-refractivity contribution in [2.45, 2.75) is 32.4 Å². The van der Waals surface area contributed by atoms with E-state index in [1.807, 2.05) is 24.3 Å². The van der Waals surface area contributed by atoms with Gasteiger partial charge in [-0.15, -0.1) is 0 Å². The zero-order valence-corrected chi connectivity index (χ0v) is 14.2. The maximum absolute atomic E-state index is 12.9. The monoisotopic (exact) mass is 345 g/mol. The average Bonchev–Trinajstić information content (AvgIpc) is 2.91. The van der Waals surface area contributed by atoms with Gasteiger partial charge in [0.2, 0.25) is 0 Å². The third kappa shape index (κ3) is 3.18. The van der Waals surface area contributed by atoms with Gasteiger partial charge in [-0.3, -0.25) is 4.79 Å². The molecule has 1 heterocycles. The zero-order chi connectivity index (χ0) is 18.4. The van der Waals surface area contributed by atoms with Crippen LogP contribution >= 0.6 is 0 Å². The van der Waals surface area contributed by atoms with Crippen LogP contribution in [0.15, 0.2) is 42.5 Å². The number of hydrogen-bond donors (Lipinski definition) is 1. The number of aromatic nitrogens is 1. The molecule has 0 saturated heterocycles. The van der Waals surface area contributed by atoms with E-state index in [2.05, 4.69) is 25.8 Å². The lowest BCUT2D eigenvalue weighted by Crippen LogP contribution is -2.10. The van der Waals surface area contributed by atoms with E-state index in [0.717, 1.165) is 23.3 Å². The summed E-state index contributed by atoms with van der Waals surface area (Å²) in [4.78, 5) is 14.6. The summed E-state index contributed by atoms with van der Waals surface area (Å²) in [6.45, 7) is 6.29. The van der Waals surface area contributed by atoms with Crippen LogP contribution in [0.25, 0.3) is 22.2 Å². The fourth-order valence-corrected chi connectivity index (χ4v) is 2.88. The number of alkyl halides is 3. The number of H-pyrrole nitrogens is 1. The number of rotatable bonds is 2. The minimum atomic E-state index is -4.44. The second kappa shape index (κ2) is 5.76. The summed E-state index contributed by atoms with van der Waals surface area (Å²) in [5.41, 5.74) is 2.41. The van der Waals surface area contributed by atoms with Gasteiger partial charge in [0.25, 0.3) is 0 Å². The summed E-state index contributed by atoms with van der Waals surface area (Å²) < 4.78 is 38.8. The first-order valence-corrected chi connectivity index (χ1v) is 7.90. The van der Waals surface area contributed by atoms with E-state index in [0.29, 0.717) is 17.5 Å². The molecule has 0 radical (unpaired) electrons. The highest BCUT2D eigenvalue weighted by molar-refractivity contribution is 6.04. The van der Waals surface area contributed by atoms with Crippen molar-refractivity contribution < 1.29 is 18.0 Å². The predicted molar refractivity (Wildman–Crippen MR) is 92.8 cm³/mol. The normalized spacial score (nSPS) is 12.6. The Bertz CT molecular complexity index is 928. The highest BCUT2D eigenvalue weighted by Crippen LogP contribution is 2.35. The molecule has 3 aromatic rings. The molecule has 0 saturated carbocycles. The molecule has 0 spiro atoms. The highest BCUT2D eigenvalue weighted by atomic mass is 19.4. The number of nitrogens with one attached hydrogen (secondary N) is 1. The lowest BCUT2D eigenvalue weighted by Gasteiger charge is -2.19. The molecule has 0 aliphatic rings. The van der Waals surface area contributed by atoms with Crippen LogP contribution in [0.3, 0.4) is 0 Å². The van der Waals surface area contributed by atoms with Crippen LogP contribution in [0.4, 0.5) is 13.2 Å². The molecule has 0 atom stereocenters. The van der Waals surface area contributed by atoms with Gasteiger partial charge >= 0.3 is 6.18 Å². The Morgan fingerprint density at radius 1 is 0.920 bits per heavy atom. The Labute approximate surface area is 143 Å². The van der Waals surface area contributed by atoms with Crippen molar-refractivity contribution in [2.24, 2.45) is 0 Å². The van der Waals surface area contributed by atoms with E-state index in [1.54, 1.807) is 0 Å². The van der Waals surface area contributed by atoms with Crippen LogP contribution in [0, 0.1) is 0 Å². The summed E-state index contributed by atoms with van der Waals surface area (Å²) >= 11 is 0. The van der Waals surface area contributed by atoms with Gasteiger partial charge in [-0.1, -0.05) is 45.0 Å². The highest BCUT2D eigenvalue weighted by Gasteiger charge is 2.31. The second-order valence-electron chi connectivity index (χ2n) is 7.12. The molecule has 5 heteroatoms. The minimum Gasteiger partial charge on any atom is -0.354 e. The van der Waals surface area contributed by atoms with Crippen molar-refractivity contribution >= 4 is 17.2 Å². The van der Waals surface area contributed by atoms with Crippen molar-refractivity contribution in [1.29, 1.82) is 0 Å². The molecule has 0 aliphatic carbocycles. The van der Waals surface area contributed by atoms with Crippen molar-refractivity contribution in [3.63, 3.8) is 0 Å². The first kappa shape index (κ1) is 17.3. The summed E-state index contributed by atoms with van der Waals surface area (Å²) in [5.74, 6) is 0. The standard InChI is InChI=1S/C20H18F3NO/c1-19(2,3)13-6-4-12(5-7-13)18-16(11-25)15-10-14(20(21,22)23)8-9-17(15)24-18/h4-11,24H,1-3H3. The van der Waals surface area contributed by atoms with Crippen molar-refractivity contribution in [3.05, 3.63) is 59.2 Å². The minimum absolute atomic E-state index is 0.00588. The molecular weight excluding hydrogens is 327 g/mol. The third-order valence-corrected chi connectivity index (χ3v) is 4.32. The Kier molecular flexibility index (Phi) is 3.98. The van der Waals surface area contributed by atoms with Gasteiger partial charge in [0.05, 0.1) is 11.3 Å². The molecule has 0 fully saturated rings. The topological polar surface area (TPSA) is 32.9 Å². The summed E-state index contributed by atoms with van der Waals surface area (Å²) in [7, 11) is 0. The van der Waals surface area contributed by atoms with Gasteiger partial charge in [-0.2, -0.15) is 13.2 Å². The van der Waals surface area contributed by atoms with Crippen LogP contribution in [-0.4, -0.2) is 11.3 Å². The molecule has 25 heavy (non-hydrogen) atoms. The third-order valence-electron chi connectivity index (χ3n) is 4.32. The molecule has 2 nitrogen and oxygen atoms in total. The van der Waals surface area contributed by atoms with E-state index >= 15 is 0 Å². The number of benzene rings is 2. The Morgan fingerprint density at radius 2 is 1.52 bits per heavy atom. The molecule has 130 valence electrons. The molecule has 3 rings (SSSR count). The maximum Gasteiger partial charge on any atom is 0.416 e. The first-order chi connectivity index (χ1) is 11.6. The predicted octanol–water partition coefficient (Wildman–Crippen LogP) is 5.96. The molecule has 0 aliphatic heterocycles. The molecule has 1 N–H and O–H groups in total. The lowest BCUT2D eigenvalue weighted by atomic mass is 9.86. The number of fused-ring (bicyclic) bond motifs is 1. The lowest BCUT2D eigenvalue weighted by molar-refractivity contribution is -0.137. The number of hydrogen-bond acceptors (Lipinski definition) is 1. The Balaban J connectivity index is 2.15. The molecule has 0 unspecified atom stereocenters. The quantitative estimate of drug-likeness (QED) is 0.571. The van der Waals surface area contributed by atoms with E-state index in [9.17, 15) is 18.0 Å². The van der Waals surface area contributed by atoms with Gasteiger partial charge in [0, 0.05) is 16.5 Å². The molecule has 1 aromatic heterocycles. The summed E-state index contributed by atoms with van der Waals surface area (Å²) in [6, 6.07) is 11.1. The van der Waals surface area contributed by atoms with Crippen LogP contribution in [0.2, 0.25) is 0 Å². The van der Waals surface area contributed by atoms with Crippen LogP contribution in [0.5, 0.6) is 0 Å².